The molecule has 0 aromatic heterocycles. The predicted octanol–water partition coefficient (Wildman–Crippen LogP) is 0.465. The maximum absolute atomic E-state index is 13.1. The molecule has 21 heavy (non-hydrogen) atoms. The van der Waals surface area contributed by atoms with Crippen LogP contribution in [0.5, 0.6) is 0 Å². The standard InChI is InChI=1S/C13H18FN3O3S/c1-9-8-21(19,20)5-4-17(9)7-13(18)16-12-6-10(14)2-3-11(12)15/h2-3,6,9H,4-5,7-8,15H2,1H3,(H,16,18). The molecule has 1 amide bonds. The van der Waals surface area contributed by atoms with Crippen molar-refractivity contribution >= 4 is 27.1 Å². The van der Waals surface area contributed by atoms with Crippen LogP contribution in [0.1, 0.15) is 6.92 Å². The Kier molecular flexibility index (Phi) is 4.48. The van der Waals surface area contributed by atoms with E-state index in [9.17, 15) is 17.6 Å². The van der Waals surface area contributed by atoms with Gasteiger partial charge in [0, 0.05) is 12.6 Å². The predicted molar refractivity (Wildman–Crippen MR) is 79.1 cm³/mol. The molecule has 1 aromatic carbocycles. The highest BCUT2D eigenvalue weighted by Crippen LogP contribution is 2.19. The first-order valence-corrected chi connectivity index (χ1v) is 8.38. The van der Waals surface area contributed by atoms with Crippen LogP contribution in [-0.4, -0.2) is 49.9 Å². The van der Waals surface area contributed by atoms with Gasteiger partial charge in [0.05, 0.1) is 29.4 Å². The molecule has 1 fully saturated rings. The zero-order valence-electron chi connectivity index (χ0n) is 11.7. The minimum absolute atomic E-state index is 0.0440. The van der Waals surface area contributed by atoms with Gasteiger partial charge < -0.3 is 11.1 Å². The lowest BCUT2D eigenvalue weighted by Crippen LogP contribution is -2.49. The first-order valence-electron chi connectivity index (χ1n) is 6.56. The normalized spacial score (nSPS) is 21.9. The molecule has 1 aliphatic heterocycles. The molecule has 0 radical (unpaired) electrons. The molecule has 8 heteroatoms. The molecule has 1 unspecified atom stereocenters. The molecule has 2 rings (SSSR count). The van der Waals surface area contributed by atoms with E-state index in [-0.39, 0.29) is 41.4 Å². The molecule has 1 aromatic rings. The zero-order valence-corrected chi connectivity index (χ0v) is 12.5. The third-order valence-electron chi connectivity index (χ3n) is 3.44. The second kappa shape index (κ2) is 5.98. The number of sulfone groups is 1. The van der Waals surface area contributed by atoms with Crippen LogP contribution >= 0.6 is 0 Å². The number of nitrogens with two attached hydrogens (primary N) is 1. The number of nitrogen functional groups attached to an aromatic ring is 1. The summed E-state index contributed by atoms with van der Waals surface area (Å²) in [6, 6.07) is 3.51. The quantitative estimate of drug-likeness (QED) is 0.791. The number of rotatable bonds is 3. The van der Waals surface area contributed by atoms with E-state index in [0.717, 1.165) is 6.07 Å². The summed E-state index contributed by atoms with van der Waals surface area (Å²) in [5, 5.41) is 2.54. The van der Waals surface area contributed by atoms with Crippen molar-refractivity contribution in [3.63, 3.8) is 0 Å². The first-order chi connectivity index (χ1) is 9.77. The fraction of sp³-hybridized carbons (Fsp3) is 0.462. The van der Waals surface area contributed by atoms with Crippen LogP contribution in [0.3, 0.4) is 0 Å². The topological polar surface area (TPSA) is 92.5 Å². The van der Waals surface area contributed by atoms with Crippen LogP contribution in [-0.2, 0) is 14.6 Å². The third kappa shape index (κ3) is 4.15. The SMILES string of the molecule is CC1CS(=O)(=O)CCN1CC(=O)Nc1cc(F)ccc1N. The minimum Gasteiger partial charge on any atom is -0.397 e. The van der Waals surface area contributed by atoms with Gasteiger partial charge in [0.15, 0.2) is 9.84 Å². The van der Waals surface area contributed by atoms with Crippen LogP contribution in [0.4, 0.5) is 15.8 Å². The Balaban J connectivity index is 1.97. The van der Waals surface area contributed by atoms with Crippen molar-refractivity contribution < 1.29 is 17.6 Å². The maximum atomic E-state index is 13.1. The van der Waals surface area contributed by atoms with Gasteiger partial charge in [0.25, 0.3) is 0 Å². The average Bonchev–Trinajstić information content (AvgIpc) is 2.37. The van der Waals surface area contributed by atoms with E-state index in [4.69, 9.17) is 5.73 Å². The van der Waals surface area contributed by atoms with Crippen LogP contribution in [0.15, 0.2) is 18.2 Å². The molecular formula is C13H18FN3O3S. The number of hydrogen-bond donors (Lipinski definition) is 2. The van der Waals surface area contributed by atoms with Crippen molar-refractivity contribution in [3.8, 4) is 0 Å². The highest BCUT2D eigenvalue weighted by Gasteiger charge is 2.29. The van der Waals surface area contributed by atoms with E-state index in [1.807, 2.05) is 0 Å². The van der Waals surface area contributed by atoms with Gasteiger partial charge in [-0.25, -0.2) is 12.8 Å². The van der Waals surface area contributed by atoms with Crippen molar-refractivity contribution in [2.75, 3.05) is 35.6 Å². The van der Waals surface area contributed by atoms with E-state index >= 15 is 0 Å². The summed E-state index contributed by atoms with van der Waals surface area (Å²) in [6.45, 7) is 2.13. The maximum Gasteiger partial charge on any atom is 0.238 e. The van der Waals surface area contributed by atoms with E-state index in [1.165, 1.54) is 12.1 Å². The minimum atomic E-state index is -3.01. The number of amides is 1. The number of anilines is 2. The fourth-order valence-electron chi connectivity index (χ4n) is 2.28. The van der Waals surface area contributed by atoms with E-state index in [0.29, 0.717) is 6.54 Å². The number of nitrogens with zero attached hydrogens (tertiary/aromatic N) is 1. The highest BCUT2D eigenvalue weighted by atomic mass is 32.2. The second-order valence-electron chi connectivity index (χ2n) is 5.21. The van der Waals surface area contributed by atoms with Gasteiger partial charge in [0.1, 0.15) is 5.82 Å². The van der Waals surface area contributed by atoms with E-state index < -0.39 is 15.7 Å². The lowest BCUT2D eigenvalue weighted by molar-refractivity contribution is -0.117. The number of nitrogens with one attached hydrogen (secondary N) is 1. The molecule has 0 spiro atoms. The highest BCUT2D eigenvalue weighted by molar-refractivity contribution is 7.91. The number of benzene rings is 1. The van der Waals surface area contributed by atoms with Gasteiger partial charge in [-0.3, -0.25) is 9.69 Å². The molecule has 0 bridgehead atoms. The number of hydrogen-bond acceptors (Lipinski definition) is 5. The zero-order chi connectivity index (χ0) is 15.6. The van der Waals surface area contributed by atoms with Crippen molar-refractivity contribution in [2.45, 2.75) is 13.0 Å². The summed E-state index contributed by atoms with van der Waals surface area (Å²) in [5.74, 6) is -0.745. The van der Waals surface area contributed by atoms with Gasteiger partial charge in [-0.2, -0.15) is 0 Å². The number of halogens is 1. The summed E-state index contributed by atoms with van der Waals surface area (Å²) in [7, 11) is -3.01. The van der Waals surface area contributed by atoms with Crippen molar-refractivity contribution in [1.29, 1.82) is 0 Å². The van der Waals surface area contributed by atoms with Gasteiger partial charge in [-0.05, 0) is 25.1 Å². The Morgan fingerprint density at radius 1 is 1.52 bits per heavy atom. The molecule has 1 saturated heterocycles. The largest absolute Gasteiger partial charge is 0.397 e. The first kappa shape index (κ1) is 15.7. The average molecular weight is 315 g/mol. The van der Waals surface area contributed by atoms with Crippen molar-refractivity contribution in [1.82, 2.24) is 4.90 Å². The monoisotopic (exact) mass is 315 g/mol. The molecule has 6 nitrogen and oxygen atoms in total. The molecule has 1 heterocycles. The molecule has 1 atom stereocenters. The summed E-state index contributed by atoms with van der Waals surface area (Å²) < 4.78 is 36.1. The fourth-order valence-corrected chi connectivity index (χ4v) is 3.90. The number of carbonyl (C=O) groups excluding carboxylic acids is 1. The van der Waals surface area contributed by atoms with Crippen molar-refractivity contribution in [3.05, 3.63) is 24.0 Å². The Morgan fingerprint density at radius 2 is 2.24 bits per heavy atom. The molecule has 3 N–H and O–H groups in total. The van der Waals surface area contributed by atoms with Crippen LogP contribution < -0.4 is 11.1 Å². The third-order valence-corrected chi connectivity index (χ3v) is 5.24. The van der Waals surface area contributed by atoms with Gasteiger partial charge in [0.2, 0.25) is 5.91 Å². The lowest BCUT2D eigenvalue weighted by atomic mass is 10.2. The summed E-state index contributed by atoms with van der Waals surface area (Å²) in [6.07, 6.45) is 0. The van der Waals surface area contributed by atoms with Gasteiger partial charge in [-0.15, -0.1) is 0 Å². The van der Waals surface area contributed by atoms with E-state index in [1.54, 1.807) is 11.8 Å². The van der Waals surface area contributed by atoms with Crippen LogP contribution in [0.2, 0.25) is 0 Å². The Labute approximate surface area is 123 Å². The number of carbonyl (C=O) groups is 1. The Morgan fingerprint density at radius 3 is 2.90 bits per heavy atom. The van der Waals surface area contributed by atoms with Gasteiger partial charge >= 0.3 is 0 Å². The molecular weight excluding hydrogens is 297 g/mol. The molecule has 1 aliphatic rings. The Hall–Kier alpha value is -1.67. The van der Waals surface area contributed by atoms with E-state index in [2.05, 4.69) is 5.32 Å². The Bertz CT molecular complexity index is 648. The summed E-state index contributed by atoms with van der Waals surface area (Å²) in [5.41, 5.74) is 6.16. The molecule has 0 aliphatic carbocycles. The summed E-state index contributed by atoms with van der Waals surface area (Å²) in [4.78, 5) is 13.8. The molecule has 116 valence electrons. The summed E-state index contributed by atoms with van der Waals surface area (Å²) >= 11 is 0. The van der Waals surface area contributed by atoms with Crippen LogP contribution in [0.25, 0.3) is 0 Å². The van der Waals surface area contributed by atoms with Gasteiger partial charge in [-0.1, -0.05) is 0 Å². The second-order valence-corrected chi connectivity index (χ2v) is 7.44. The smallest absolute Gasteiger partial charge is 0.238 e. The molecule has 0 saturated carbocycles. The van der Waals surface area contributed by atoms with Crippen molar-refractivity contribution in [2.24, 2.45) is 0 Å². The lowest BCUT2D eigenvalue weighted by Gasteiger charge is -2.32. The van der Waals surface area contributed by atoms with Crippen LogP contribution in [0, 0.1) is 5.82 Å².